The summed E-state index contributed by atoms with van der Waals surface area (Å²) in [6.45, 7) is 5.21. The van der Waals surface area contributed by atoms with E-state index >= 15 is 0 Å². The Labute approximate surface area is 133 Å². The Bertz CT molecular complexity index is 697. The second-order valence-electron chi connectivity index (χ2n) is 4.94. The van der Waals surface area contributed by atoms with Crippen LogP contribution in [0.25, 0.3) is 0 Å². The topological polar surface area (TPSA) is 101 Å². The average Bonchev–Trinajstić information content (AvgIpc) is 2.92. The molecule has 0 aromatic carbocycles. The Kier molecular flexibility index (Phi) is 4.78. The molecule has 0 fully saturated rings. The van der Waals surface area contributed by atoms with Gasteiger partial charge in [0.25, 0.3) is 0 Å². The molecule has 7 nitrogen and oxygen atoms in total. The molecular formula is C16H19NO6. The van der Waals surface area contributed by atoms with Gasteiger partial charge in [0.2, 0.25) is 5.88 Å². The number of carbonyl (C=O) groups is 2. The predicted molar refractivity (Wildman–Crippen MR) is 79.8 cm³/mol. The number of aryl methyl sites for hydroxylation is 1. The van der Waals surface area contributed by atoms with E-state index in [1.165, 1.54) is 7.11 Å². The van der Waals surface area contributed by atoms with Crippen LogP contribution >= 0.6 is 0 Å². The van der Waals surface area contributed by atoms with Crippen LogP contribution in [0, 0.1) is 6.92 Å². The molecule has 124 valence electrons. The van der Waals surface area contributed by atoms with E-state index in [9.17, 15) is 9.59 Å². The third-order valence-corrected chi connectivity index (χ3v) is 3.43. The van der Waals surface area contributed by atoms with Gasteiger partial charge in [0.1, 0.15) is 22.9 Å². The zero-order valence-corrected chi connectivity index (χ0v) is 13.5. The molecule has 1 aromatic rings. The van der Waals surface area contributed by atoms with Gasteiger partial charge in [-0.3, -0.25) is 0 Å². The largest absolute Gasteiger partial charge is 0.465 e. The van der Waals surface area contributed by atoms with Gasteiger partial charge in [-0.15, -0.1) is 0 Å². The summed E-state index contributed by atoms with van der Waals surface area (Å²) < 4.78 is 20.8. The normalized spacial score (nSPS) is 17.8. The summed E-state index contributed by atoms with van der Waals surface area (Å²) in [6.07, 6.45) is 0. The first-order valence-electron chi connectivity index (χ1n) is 7.10. The molecule has 1 aromatic heterocycles. The van der Waals surface area contributed by atoms with Gasteiger partial charge in [-0.25, -0.2) is 9.59 Å². The van der Waals surface area contributed by atoms with Crippen molar-refractivity contribution in [2.45, 2.75) is 26.7 Å². The molecule has 0 saturated carbocycles. The quantitative estimate of drug-likeness (QED) is 0.845. The summed E-state index contributed by atoms with van der Waals surface area (Å²) in [5.41, 5.74) is 6.02. The summed E-state index contributed by atoms with van der Waals surface area (Å²) in [5, 5.41) is 0. The third kappa shape index (κ3) is 3.08. The van der Waals surface area contributed by atoms with E-state index in [1.54, 1.807) is 32.9 Å². The van der Waals surface area contributed by atoms with Gasteiger partial charge in [0, 0.05) is 0 Å². The first-order valence-corrected chi connectivity index (χ1v) is 7.10. The van der Waals surface area contributed by atoms with Crippen LogP contribution in [0.4, 0.5) is 0 Å². The van der Waals surface area contributed by atoms with Crippen molar-refractivity contribution >= 4 is 11.9 Å². The zero-order chi connectivity index (χ0) is 17.1. The van der Waals surface area contributed by atoms with E-state index in [4.69, 9.17) is 24.4 Å². The van der Waals surface area contributed by atoms with E-state index in [2.05, 4.69) is 0 Å². The molecule has 1 aliphatic rings. The van der Waals surface area contributed by atoms with Crippen molar-refractivity contribution in [2.75, 3.05) is 13.7 Å². The lowest BCUT2D eigenvalue weighted by atomic mass is 9.86. The van der Waals surface area contributed by atoms with Crippen molar-refractivity contribution in [1.29, 1.82) is 0 Å². The van der Waals surface area contributed by atoms with E-state index in [1.807, 2.05) is 0 Å². The van der Waals surface area contributed by atoms with E-state index in [-0.39, 0.29) is 29.4 Å². The molecule has 7 heteroatoms. The number of rotatable bonds is 4. The van der Waals surface area contributed by atoms with Crippen molar-refractivity contribution < 1.29 is 28.2 Å². The summed E-state index contributed by atoms with van der Waals surface area (Å²) in [5.74, 6) is -0.987. The van der Waals surface area contributed by atoms with Gasteiger partial charge in [0.05, 0.1) is 25.2 Å². The lowest BCUT2D eigenvalue weighted by Gasteiger charge is -2.26. The number of allylic oxidation sites excluding steroid dienone is 1. The van der Waals surface area contributed by atoms with Crippen molar-refractivity contribution in [3.05, 3.63) is 46.4 Å². The van der Waals surface area contributed by atoms with Crippen LogP contribution in [0.3, 0.4) is 0 Å². The maximum Gasteiger partial charge on any atom is 0.340 e. The smallest absolute Gasteiger partial charge is 0.340 e. The van der Waals surface area contributed by atoms with Crippen molar-refractivity contribution in [1.82, 2.24) is 0 Å². The van der Waals surface area contributed by atoms with Crippen LogP contribution in [-0.4, -0.2) is 25.7 Å². The van der Waals surface area contributed by atoms with Crippen LogP contribution in [0.2, 0.25) is 0 Å². The summed E-state index contributed by atoms with van der Waals surface area (Å²) in [6, 6.07) is 3.40. The number of ether oxygens (including phenoxy) is 3. The zero-order valence-electron chi connectivity index (χ0n) is 13.5. The average molecular weight is 321 g/mol. The fourth-order valence-electron chi connectivity index (χ4n) is 2.46. The molecule has 0 spiro atoms. The number of methoxy groups -OCH3 is 1. The molecule has 2 heterocycles. The number of hydrogen-bond acceptors (Lipinski definition) is 7. The van der Waals surface area contributed by atoms with Gasteiger partial charge in [-0.2, -0.15) is 0 Å². The summed E-state index contributed by atoms with van der Waals surface area (Å²) in [4.78, 5) is 24.5. The monoisotopic (exact) mass is 321 g/mol. The van der Waals surface area contributed by atoms with Crippen LogP contribution in [0.1, 0.15) is 31.3 Å². The van der Waals surface area contributed by atoms with Gasteiger partial charge < -0.3 is 24.4 Å². The second kappa shape index (κ2) is 6.60. The Morgan fingerprint density at radius 2 is 1.91 bits per heavy atom. The Hall–Kier alpha value is -2.70. The predicted octanol–water partition coefficient (Wildman–Crippen LogP) is 1.88. The maximum absolute atomic E-state index is 12.3. The van der Waals surface area contributed by atoms with E-state index < -0.39 is 17.9 Å². The highest BCUT2D eigenvalue weighted by Gasteiger charge is 2.41. The number of furan rings is 1. The fraction of sp³-hybridized carbons (Fsp3) is 0.375. The molecule has 23 heavy (non-hydrogen) atoms. The van der Waals surface area contributed by atoms with Crippen LogP contribution in [0.5, 0.6) is 0 Å². The lowest BCUT2D eigenvalue weighted by Crippen LogP contribution is -2.29. The molecule has 1 atom stereocenters. The third-order valence-electron chi connectivity index (χ3n) is 3.43. The van der Waals surface area contributed by atoms with Crippen molar-refractivity contribution in [3.63, 3.8) is 0 Å². The maximum atomic E-state index is 12.3. The van der Waals surface area contributed by atoms with Gasteiger partial charge in [-0.05, 0) is 32.9 Å². The summed E-state index contributed by atoms with van der Waals surface area (Å²) in [7, 11) is 1.22. The van der Waals surface area contributed by atoms with Crippen LogP contribution < -0.4 is 5.73 Å². The SMILES string of the molecule is CCOC(=O)C1=C(C)OC(N)=C(C(=O)OC)[C@H]1c1ccc(C)o1. The Morgan fingerprint density at radius 1 is 1.22 bits per heavy atom. The Morgan fingerprint density at radius 3 is 2.43 bits per heavy atom. The molecular weight excluding hydrogens is 302 g/mol. The molecule has 2 rings (SSSR count). The van der Waals surface area contributed by atoms with Crippen LogP contribution in [-0.2, 0) is 23.8 Å². The van der Waals surface area contributed by atoms with Crippen molar-refractivity contribution in [3.8, 4) is 0 Å². The summed E-state index contributed by atoms with van der Waals surface area (Å²) >= 11 is 0. The lowest BCUT2D eigenvalue weighted by molar-refractivity contribution is -0.139. The Balaban J connectivity index is 2.61. The molecule has 0 saturated heterocycles. The molecule has 0 unspecified atom stereocenters. The van der Waals surface area contributed by atoms with Gasteiger partial charge in [0.15, 0.2) is 0 Å². The van der Waals surface area contributed by atoms with Crippen molar-refractivity contribution in [2.24, 2.45) is 5.73 Å². The fourth-order valence-corrected chi connectivity index (χ4v) is 2.46. The minimum absolute atomic E-state index is 0.00973. The highest BCUT2D eigenvalue weighted by molar-refractivity contribution is 5.99. The van der Waals surface area contributed by atoms with E-state index in [0.717, 1.165) is 0 Å². The second-order valence-corrected chi connectivity index (χ2v) is 4.94. The van der Waals surface area contributed by atoms with Crippen LogP contribution in [0.15, 0.2) is 39.3 Å². The minimum Gasteiger partial charge on any atom is -0.465 e. The van der Waals surface area contributed by atoms with E-state index in [0.29, 0.717) is 11.5 Å². The first-order chi connectivity index (χ1) is 10.9. The first kappa shape index (κ1) is 16.7. The molecule has 0 aliphatic carbocycles. The highest BCUT2D eigenvalue weighted by atomic mass is 16.5. The number of esters is 2. The number of nitrogens with two attached hydrogens (primary N) is 1. The molecule has 0 radical (unpaired) electrons. The molecule has 0 bridgehead atoms. The van der Waals surface area contributed by atoms with Gasteiger partial charge >= 0.3 is 11.9 Å². The minimum atomic E-state index is -0.844. The number of hydrogen-bond donors (Lipinski definition) is 1. The van der Waals surface area contributed by atoms with Gasteiger partial charge in [-0.1, -0.05) is 0 Å². The molecule has 1 aliphatic heterocycles. The highest BCUT2D eigenvalue weighted by Crippen LogP contribution is 2.40. The standard InChI is InChI=1S/C16H19NO6/c1-5-21-16(19)11-9(3)23-14(17)13(15(18)20-4)12(11)10-7-6-8(2)22-10/h6-7,12H,5,17H2,1-4H3/t12-/m0/s1. The molecule has 2 N–H and O–H groups in total. The molecule has 0 amide bonds. The number of carbonyl (C=O) groups excluding carboxylic acids is 2.